The second-order valence-electron chi connectivity index (χ2n) is 14.0. The molecule has 0 aliphatic heterocycles. The lowest BCUT2D eigenvalue weighted by molar-refractivity contribution is -0.145. The minimum absolute atomic E-state index is 0.0203. The van der Waals surface area contributed by atoms with Gasteiger partial charge in [0.1, 0.15) is 37.1 Å². The van der Waals surface area contributed by atoms with Crippen LogP contribution in [0.5, 0.6) is 5.75 Å². The molecule has 1 unspecified atom stereocenters. The lowest BCUT2D eigenvalue weighted by Gasteiger charge is -2.37. The molecule has 0 aliphatic rings. The number of benzene rings is 6. The number of rotatable bonds is 17. The van der Waals surface area contributed by atoms with E-state index in [1.54, 1.807) is 30.6 Å². The van der Waals surface area contributed by atoms with E-state index in [-0.39, 0.29) is 19.6 Å². The third kappa shape index (κ3) is 9.92. The normalized spacial score (nSPS) is 11.6. The molecule has 1 aromatic heterocycles. The summed E-state index contributed by atoms with van der Waals surface area (Å²) in [6.07, 6.45) is 2.73. The average molecular weight is 785 g/mol. The molecule has 6 aromatic carbocycles. The molecule has 59 heavy (non-hydrogen) atoms. The van der Waals surface area contributed by atoms with Gasteiger partial charge in [0.2, 0.25) is 5.91 Å². The predicted molar refractivity (Wildman–Crippen MR) is 224 cm³/mol. The van der Waals surface area contributed by atoms with E-state index in [1.807, 2.05) is 126 Å². The fourth-order valence-electron chi connectivity index (χ4n) is 7.20. The van der Waals surface area contributed by atoms with Gasteiger partial charge < -0.3 is 29.4 Å². The minimum atomic E-state index is -1.23. The summed E-state index contributed by atoms with van der Waals surface area (Å²) >= 11 is 0. The Hall–Kier alpha value is -7.46. The number of carbonyl (C=O) groups excluding carboxylic acids is 2. The van der Waals surface area contributed by atoms with Crippen molar-refractivity contribution in [2.45, 2.75) is 37.8 Å². The number of ether oxygens (including phenoxy) is 2. The molecule has 2 N–H and O–H groups in total. The molecule has 7 aromatic rings. The zero-order chi connectivity index (χ0) is 40.9. The molecule has 10 heteroatoms. The van der Waals surface area contributed by atoms with Gasteiger partial charge in [-0.3, -0.25) is 9.59 Å². The Morgan fingerprint density at radius 3 is 1.64 bits per heavy atom. The number of hydrogen-bond donors (Lipinski definition) is 2. The van der Waals surface area contributed by atoms with Gasteiger partial charge in [-0.05, 0) is 45.5 Å². The van der Waals surface area contributed by atoms with Crippen LogP contribution in [0.1, 0.15) is 39.1 Å². The van der Waals surface area contributed by atoms with Crippen molar-refractivity contribution in [3.63, 3.8) is 0 Å². The number of carboxylic acids is 1. The molecule has 0 spiro atoms. The molecule has 0 aliphatic carbocycles. The Morgan fingerprint density at radius 2 is 1.14 bits per heavy atom. The van der Waals surface area contributed by atoms with Crippen LogP contribution in [0.3, 0.4) is 0 Å². The first kappa shape index (κ1) is 39.8. The summed E-state index contributed by atoms with van der Waals surface area (Å²) in [6, 6.07) is 55.2. The molecular weight excluding hydrogens is 741 g/mol. The Kier molecular flexibility index (Phi) is 12.9. The molecule has 1 heterocycles. The molecule has 10 nitrogen and oxygen atoms in total. The third-order valence-corrected chi connectivity index (χ3v) is 10.00. The van der Waals surface area contributed by atoms with E-state index in [1.165, 1.54) is 4.90 Å². The van der Waals surface area contributed by atoms with Gasteiger partial charge in [-0.15, -0.1) is 0 Å². The van der Waals surface area contributed by atoms with Gasteiger partial charge >= 0.3 is 12.1 Å². The highest BCUT2D eigenvalue weighted by Gasteiger charge is 2.39. The van der Waals surface area contributed by atoms with Crippen molar-refractivity contribution < 1.29 is 29.0 Å². The van der Waals surface area contributed by atoms with Crippen LogP contribution in [-0.2, 0) is 46.0 Å². The predicted octanol–water partition coefficient (Wildman–Crippen LogP) is 8.25. The summed E-state index contributed by atoms with van der Waals surface area (Å²) in [5, 5.41) is 12.7. The first-order valence-electron chi connectivity index (χ1n) is 19.3. The molecule has 0 fully saturated rings. The van der Waals surface area contributed by atoms with Gasteiger partial charge in [0.25, 0.3) is 0 Å². The monoisotopic (exact) mass is 784 g/mol. The number of hydrogen-bond acceptors (Lipinski definition) is 6. The van der Waals surface area contributed by atoms with Crippen molar-refractivity contribution in [2.75, 3.05) is 6.54 Å². The number of carboxylic acid groups (broad SMARTS) is 1. The van der Waals surface area contributed by atoms with Crippen molar-refractivity contribution >= 4 is 18.0 Å². The Labute approximate surface area is 343 Å². The number of carbonyl (C=O) groups is 3. The Balaban J connectivity index is 1.19. The molecule has 0 saturated carbocycles. The summed E-state index contributed by atoms with van der Waals surface area (Å²) in [4.78, 5) is 46.1. The van der Waals surface area contributed by atoms with Crippen molar-refractivity contribution in [1.82, 2.24) is 19.8 Å². The average Bonchev–Trinajstić information content (AvgIpc) is 3.75. The molecule has 0 saturated heterocycles. The first-order chi connectivity index (χ1) is 28.9. The van der Waals surface area contributed by atoms with E-state index in [2.05, 4.69) is 41.7 Å². The summed E-state index contributed by atoms with van der Waals surface area (Å²) in [7, 11) is 0. The highest BCUT2D eigenvalue weighted by atomic mass is 16.5. The summed E-state index contributed by atoms with van der Waals surface area (Å²) in [5.74, 6) is -1.18. The second kappa shape index (κ2) is 19.1. The maximum atomic E-state index is 14.5. The first-order valence-corrected chi connectivity index (χ1v) is 19.3. The van der Waals surface area contributed by atoms with Crippen molar-refractivity contribution in [2.24, 2.45) is 0 Å². The van der Waals surface area contributed by atoms with Gasteiger partial charge in [-0.2, -0.15) is 0 Å². The van der Waals surface area contributed by atoms with Crippen molar-refractivity contribution in [3.8, 4) is 5.75 Å². The number of imidazole rings is 1. The van der Waals surface area contributed by atoms with Crippen LogP contribution < -0.4 is 10.1 Å². The number of nitrogens with one attached hydrogen (secondary N) is 1. The van der Waals surface area contributed by atoms with E-state index in [0.29, 0.717) is 23.6 Å². The smallest absolute Gasteiger partial charge is 0.408 e. The SMILES string of the molecule is O=C(O)CN(Cc1ccc(OCc2ccccc2)cc1)C(=O)C(Cc1cn(C(c2ccccc2)(c2ccccc2)c2ccccc2)cn1)NC(=O)OCc1ccccc1. The van der Waals surface area contributed by atoms with Crippen LogP contribution in [0, 0.1) is 0 Å². The fourth-order valence-corrected chi connectivity index (χ4v) is 7.20. The van der Waals surface area contributed by atoms with Crippen LogP contribution in [0.25, 0.3) is 0 Å². The molecule has 2 amide bonds. The molecule has 0 radical (unpaired) electrons. The Bertz CT molecular complexity index is 2310. The second-order valence-corrected chi connectivity index (χ2v) is 14.0. The van der Waals surface area contributed by atoms with Gasteiger partial charge in [-0.1, -0.05) is 164 Å². The summed E-state index contributed by atoms with van der Waals surface area (Å²) in [6.45, 7) is -0.269. The zero-order valence-electron chi connectivity index (χ0n) is 32.3. The van der Waals surface area contributed by atoms with Crippen LogP contribution in [0.4, 0.5) is 4.79 Å². The maximum absolute atomic E-state index is 14.5. The quantitative estimate of drug-likeness (QED) is 0.0892. The van der Waals surface area contributed by atoms with Crippen LogP contribution in [0.2, 0.25) is 0 Å². The van der Waals surface area contributed by atoms with Crippen LogP contribution in [-0.4, -0.2) is 50.1 Å². The number of aromatic nitrogens is 2. The van der Waals surface area contributed by atoms with E-state index >= 15 is 0 Å². The lowest BCUT2D eigenvalue weighted by Crippen LogP contribution is -2.50. The molecular formula is C49H44N4O6. The van der Waals surface area contributed by atoms with E-state index in [9.17, 15) is 19.5 Å². The highest BCUT2D eigenvalue weighted by Crippen LogP contribution is 2.40. The van der Waals surface area contributed by atoms with Gasteiger partial charge in [-0.25, -0.2) is 9.78 Å². The lowest BCUT2D eigenvalue weighted by atomic mass is 9.77. The molecule has 1 atom stereocenters. The largest absolute Gasteiger partial charge is 0.489 e. The zero-order valence-corrected chi connectivity index (χ0v) is 32.3. The summed E-state index contributed by atoms with van der Waals surface area (Å²) in [5.41, 5.74) is 5.07. The van der Waals surface area contributed by atoms with Crippen molar-refractivity contribution in [3.05, 3.63) is 228 Å². The number of nitrogens with zero attached hydrogens (tertiary/aromatic N) is 3. The molecule has 0 bridgehead atoms. The molecule has 7 rings (SSSR count). The number of alkyl carbamates (subject to hydrolysis) is 1. The van der Waals surface area contributed by atoms with E-state index in [0.717, 1.165) is 27.8 Å². The summed E-state index contributed by atoms with van der Waals surface area (Å²) < 4.78 is 13.5. The van der Waals surface area contributed by atoms with Gasteiger partial charge in [0.05, 0.1) is 12.0 Å². The van der Waals surface area contributed by atoms with Crippen LogP contribution >= 0.6 is 0 Å². The Morgan fingerprint density at radius 1 is 0.644 bits per heavy atom. The number of aliphatic carboxylic acids is 1. The fraction of sp³-hybridized carbons (Fsp3) is 0.143. The van der Waals surface area contributed by atoms with E-state index < -0.39 is 36.1 Å². The number of amides is 2. The topological polar surface area (TPSA) is 123 Å². The third-order valence-electron chi connectivity index (χ3n) is 10.00. The van der Waals surface area contributed by atoms with Gasteiger partial charge in [0, 0.05) is 19.2 Å². The molecule has 296 valence electrons. The van der Waals surface area contributed by atoms with E-state index in [4.69, 9.17) is 14.5 Å². The maximum Gasteiger partial charge on any atom is 0.408 e. The standard InChI is InChI=1S/C49H44N4O6/c54-46(55)33-52(31-37-26-28-44(29-27-37)58-34-38-16-6-1-7-17-38)47(56)45(51-48(57)59-35-39-18-8-2-9-19-39)30-43-32-53(36-50-43)49(40-20-10-3-11-21-40,41-22-12-4-13-23-41)42-24-14-5-15-25-42/h1-29,32,36,45H,30-31,33-35H2,(H,51,57)(H,54,55). The van der Waals surface area contributed by atoms with Gasteiger partial charge in [0.15, 0.2) is 0 Å². The van der Waals surface area contributed by atoms with Crippen molar-refractivity contribution in [1.29, 1.82) is 0 Å². The minimum Gasteiger partial charge on any atom is -0.489 e. The highest BCUT2D eigenvalue weighted by molar-refractivity contribution is 5.88. The van der Waals surface area contributed by atoms with Crippen LogP contribution in [0.15, 0.2) is 188 Å².